The highest BCUT2D eigenvalue weighted by Gasteiger charge is 2.44. The van der Waals surface area contributed by atoms with E-state index >= 15 is 0 Å². The van der Waals surface area contributed by atoms with Gasteiger partial charge in [0.25, 0.3) is 0 Å². The number of hydrogen-bond acceptors (Lipinski definition) is 8. The third-order valence-electron chi connectivity index (χ3n) is 6.52. The first-order valence-corrected chi connectivity index (χ1v) is 12.2. The van der Waals surface area contributed by atoms with Gasteiger partial charge in [-0.05, 0) is 18.1 Å². The van der Waals surface area contributed by atoms with Crippen LogP contribution in [0.15, 0.2) is 23.1 Å². The molecule has 1 saturated carbocycles. The van der Waals surface area contributed by atoms with Crippen LogP contribution in [0.3, 0.4) is 0 Å². The number of methoxy groups -OCH3 is 2. The monoisotopic (exact) mass is 483 g/mol. The number of hydrogen-bond donors (Lipinski definition) is 0. The maximum atomic E-state index is 13.1. The van der Waals surface area contributed by atoms with Crippen molar-refractivity contribution in [1.82, 2.24) is 9.21 Å². The van der Waals surface area contributed by atoms with Gasteiger partial charge in [0, 0.05) is 61.8 Å². The predicted octanol–water partition coefficient (Wildman–Crippen LogP) is 1.04. The Bertz CT molecular complexity index is 1020. The fraction of sp³-hybridized carbons (Fsp3) is 0.619. The molecular weight excluding hydrogens is 454 g/mol. The van der Waals surface area contributed by atoms with Gasteiger partial charge in [-0.2, -0.15) is 4.31 Å². The van der Waals surface area contributed by atoms with Crippen molar-refractivity contribution in [2.24, 2.45) is 17.8 Å². The lowest BCUT2D eigenvalue weighted by Gasteiger charge is -2.34. The van der Waals surface area contributed by atoms with Crippen LogP contribution in [-0.4, -0.2) is 81.2 Å². The molecule has 0 radical (unpaired) electrons. The quantitative estimate of drug-likeness (QED) is 0.395. The lowest BCUT2D eigenvalue weighted by Crippen LogP contribution is -2.51. The predicted molar refractivity (Wildman–Crippen MR) is 117 cm³/mol. The van der Waals surface area contributed by atoms with E-state index in [0.717, 1.165) is 0 Å². The second kappa shape index (κ2) is 10.0. The summed E-state index contributed by atoms with van der Waals surface area (Å²) in [6.45, 7) is 2.05. The minimum atomic E-state index is -3.80. The molecule has 0 aromatic heterocycles. The normalized spacial score (nSPS) is 24.0. The average Bonchev–Trinajstić information content (AvgIpc) is 3.05. The number of Topliss-reactive ketones (excluding diaryl/α,β-unsaturated/α-hetero) is 1. The topological polar surface area (TPSA) is 136 Å². The van der Waals surface area contributed by atoms with E-state index in [-0.39, 0.29) is 68.1 Å². The molecule has 0 spiro atoms. The van der Waals surface area contributed by atoms with Crippen molar-refractivity contribution >= 4 is 21.7 Å². The number of carbonyl (C=O) groups is 2. The number of nitro groups is 1. The molecule has 3 rings (SSSR count). The van der Waals surface area contributed by atoms with Gasteiger partial charge < -0.3 is 14.4 Å². The molecule has 12 heteroatoms. The van der Waals surface area contributed by atoms with Gasteiger partial charge in [-0.15, -0.1) is 0 Å². The van der Waals surface area contributed by atoms with Gasteiger partial charge in [-0.1, -0.05) is 6.92 Å². The summed E-state index contributed by atoms with van der Waals surface area (Å²) < 4.78 is 37.7. The highest BCUT2D eigenvalue weighted by atomic mass is 32.2. The summed E-state index contributed by atoms with van der Waals surface area (Å²) in [5.74, 6) is -0.930. The molecule has 1 aromatic rings. The molecule has 1 saturated heterocycles. The number of ether oxygens (including phenoxy) is 2. The van der Waals surface area contributed by atoms with Crippen LogP contribution in [0.4, 0.5) is 0 Å². The first-order valence-electron chi connectivity index (χ1n) is 10.7. The van der Waals surface area contributed by atoms with Crippen LogP contribution >= 0.6 is 0 Å². The van der Waals surface area contributed by atoms with E-state index in [1.807, 2.05) is 0 Å². The molecule has 1 amide bonds. The lowest BCUT2D eigenvalue weighted by molar-refractivity contribution is -0.490. The summed E-state index contributed by atoms with van der Waals surface area (Å²) in [5, 5.41) is 11.0. The lowest BCUT2D eigenvalue weighted by atomic mass is 9.87. The number of ketones is 1. The summed E-state index contributed by atoms with van der Waals surface area (Å²) in [6.07, 6.45) is 0.165. The standard InChI is InChI=1S/C21H29N3O8S/c1-14-10-18(25)16(17(14)13-24(27)28)12-21(26)22-6-8-23(9-7-22)33(29,30)15-4-5-19(31-2)20(11-15)32-3/h4-5,11,14,16-17H,6-10,12-13H2,1-3H3/t14-,16+,17-/m1/s1. The smallest absolute Gasteiger partial charge is 0.243 e. The number of piperazine rings is 1. The van der Waals surface area contributed by atoms with Crippen molar-refractivity contribution in [3.05, 3.63) is 28.3 Å². The number of amides is 1. The Hall–Kier alpha value is -2.73. The summed E-state index contributed by atoms with van der Waals surface area (Å²) in [7, 11) is -0.917. The van der Waals surface area contributed by atoms with Gasteiger partial charge in [0.05, 0.1) is 19.1 Å². The minimum Gasteiger partial charge on any atom is -0.493 e. The molecule has 1 aliphatic carbocycles. The van der Waals surface area contributed by atoms with Crippen LogP contribution in [-0.2, 0) is 19.6 Å². The Morgan fingerprint density at radius 1 is 1.15 bits per heavy atom. The molecular formula is C21H29N3O8S. The van der Waals surface area contributed by atoms with Crippen LogP contribution in [0.25, 0.3) is 0 Å². The SMILES string of the molecule is COc1ccc(S(=O)(=O)N2CCN(C(=O)C[C@@H]3C(=O)C[C@@H](C)[C@H]3C[N+](=O)[O-])CC2)cc1OC. The van der Waals surface area contributed by atoms with Crippen molar-refractivity contribution in [2.75, 3.05) is 46.9 Å². The summed E-state index contributed by atoms with van der Waals surface area (Å²) in [5.41, 5.74) is 0. The zero-order chi connectivity index (χ0) is 24.3. The van der Waals surface area contributed by atoms with Crippen LogP contribution in [0.2, 0.25) is 0 Å². The second-order valence-corrected chi connectivity index (χ2v) is 10.4. The summed E-state index contributed by atoms with van der Waals surface area (Å²) >= 11 is 0. The molecule has 0 unspecified atom stereocenters. The van der Waals surface area contributed by atoms with Gasteiger partial charge in [-0.3, -0.25) is 19.7 Å². The van der Waals surface area contributed by atoms with Crippen molar-refractivity contribution < 1.29 is 32.4 Å². The number of nitrogens with zero attached hydrogens (tertiary/aromatic N) is 3. The molecule has 182 valence electrons. The fourth-order valence-corrected chi connectivity index (χ4v) is 6.06. The largest absolute Gasteiger partial charge is 0.493 e. The molecule has 33 heavy (non-hydrogen) atoms. The summed E-state index contributed by atoms with van der Waals surface area (Å²) in [6, 6.07) is 4.36. The van der Waals surface area contributed by atoms with Crippen LogP contribution in [0.5, 0.6) is 11.5 Å². The highest BCUT2D eigenvalue weighted by molar-refractivity contribution is 7.89. The Morgan fingerprint density at radius 3 is 2.36 bits per heavy atom. The number of benzene rings is 1. The molecule has 1 heterocycles. The number of rotatable bonds is 8. The third-order valence-corrected chi connectivity index (χ3v) is 8.42. The van der Waals surface area contributed by atoms with Crippen LogP contribution < -0.4 is 9.47 Å². The van der Waals surface area contributed by atoms with E-state index in [1.165, 1.54) is 41.6 Å². The molecule has 2 aliphatic rings. The van der Waals surface area contributed by atoms with Crippen molar-refractivity contribution in [2.45, 2.75) is 24.7 Å². The average molecular weight is 484 g/mol. The van der Waals surface area contributed by atoms with Crippen LogP contribution in [0.1, 0.15) is 19.8 Å². The van der Waals surface area contributed by atoms with Gasteiger partial charge in [0.15, 0.2) is 11.5 Å². The summed E-state index contributed by atoms with van der Waals surface area (Å²) in [4.78, 5) is 37.3. The van der Waals surface area contributed by atoms with E-state index < -0.39 is 26.8 Å². The minimum absolute atomic E-state index is 0.0630. The van der Waals surface area contributed by atoms with E-state index in [4.69, 9.17) is 9.47 Å². The molecule has 11 nitrogen and oxygen atoms in total. The fourth-order valence-electron chi connectivity index (χ4n) is 4.62. The van der Waals surface area contributed by atoms with Gasteiger partial charge in [0.1, 0.15) is 5.78 Å². The first-order chi connectivity index (χ1) is 15.6. The molecule has 1 aromatic carbocycles. The van der Waals surface area contributed by atoms with Crippen molar-refractivity contribution in [3.63, 3.8) is 0 Å². The highest BCUT2D eigenvalue weighted by Crippen LogP contribution is 2.37. The Balaban J connectivity index is 1.64. The van der Waals surface area contributed by atoms with E-state index in [2.05, 4.69) is 0 Å². The van der Waals surface area contributed by atoms with Gasteiger partial charge in [-0.25, -0.2) is 8.42 Å². The van der Waals surface area contributed by atoms with E-state index in [1.54, 1.807) is 6.92 Å². The molecule has 1 aliphatic heterocycles. The maximum absolute atomic E-state index is 13.1. The Labute approximate surface area is 192 Å². The molecule has 0 N–H and O–H groups in total. The Kier molecular flexibility index (Phi) is 7.58. The van der Waals surface area contributed by atoms with Crippen LogP contribution in [0, 0.1) is 27.9 Å². The zero-order valence-electron chi connectivity index (χ0n) is 18.9. The molecule has 2 fully saturated rings. The molecule has 0 bridgehead atoms. The number of sulfonamides is 1. The van der Waals surface area contributed by atoms with Gasteiger partial charge >= 0.3 is 0 Å². The van der Waals surface area contributed by atoms with Crippen molar-refractivity contribution in [3.8, 4) is 11.5 Å². The zero-order valence-corrected chi connectivity index (χ0v) is 19.7. The third kappa shape index (κ3) is 5.27. The maximum Gasteiger partial charge on any atom is 0.243 e. The Morgan fingerprint density at radius 2 is 1.79 bits per heavy atom. The first kappa shape index (κ1) is 24.9. The van der Waals surface area contributed by atoms with E-state index in [9.17, 15) is 28.1 Å². The number of carbonyl (C=O) groups excluding carboxylic acids is 2. The van der Waals surface area contributed by atoms with E-state index in [0.29, 0.717) is 11.5 Å². The van der Waals surface area contributed by atoms with Crippen molar-refractivity contribution in [1.29, 1.82) is 0 Å². The second-order valence-electron chi connectivity index (χ2n) is 8.44. The molecule has 3 atom stereocenters. The van der Waals surface area contributed by atoms with Gasteiger partial charge in [0.2, 0.25) is 22.5 Å².